The number of hydrogen-bond donors (Lipinski definition) is 1. The fraction of sp³-hybridized carbons (Fsp3) is 0.500. The van der Waals surface area contributed by atoms with Gasteiger partial charge in [-0.15, -0.1) is 0 Å². The van der Waals surface area contributed by atoms with Crippen molar-refractivity contribution < 1.29 is 37.6 Å². The molecule has 0 bridgehead atoms. The number of ether oxygens (including phenoxy) is 2. The Hall–Kier alpha value is -3.93. The molecule has 0 saturated carbocycles. The highest BCUT2D eigenvalue weighted by Crippen LogP contribution is 2.58. The molecule has 0 spiro atoms. The van der Waals surface area contributed by atoms with Gasteiger partial charge in [0.05, 0.1) is 30.3 Å². The largest absolute Gasteiger partial charge is 0.485 e. The number of hydrogen-bond acceptors (Lipinski definition) is 8. The molecule has 4 aliphatic rings. The van der Waals surface area contributed by atoms with Crippen LogP contribution < -0.4 is 9.47 Å². The summed E-state index contributed by atoms with van der Waals surface area (Å²) >= 11 is 0. The van der Waals surface area contributed by atoms with Crippen LogP contribution in [0.5, 0.6) is 11.5 Å². The SMILES string of the molecule is [C-]#[N+]c1ccc2c(c1)[C@@H](N1CCCC1=O)[C@H](OP(=O)(O)O[C@H]1[C@H](N3CCCC3=O)c3cc(C#N)ccc3OC1(C)C)C(C)(C)O2. The van der Waals surface area contributed by atoms with Crippen LogP contribution >= 0.6 is 7.82 Å². The standard InChI is InChI=1S/C32H35N4O8P/c1-31(2)29(27(35-14-6-8-25(35)37)21-16-19(18-33)10-12-23(21)41-31)43-45(39,40)44-30-28(36-15-7-9-26(36)38)22-17-20(34-5)11-13-24(22)42-32(30,3)4/h10-13,16-17,27-30H,6-9,14-15H2,1-4H3,(H,39,40)/t27-,28-,29+,30+/m1/s1. The summed E-state index contributed by atoms with van der Waals surface area (Å²) in [7, 11) is -5.01. The van der Waals surface area contributed by atoms with Crippen LogP contribution in [-0.4, -0.2) is 63.0 Å². The second-order valence-electron chi connectivity index (χ2n) is 12.9. The lowest BCUT2D eigenvalue weighted by molar-refractivity contribution is -0.144. The normalized spacial score (nSPS) is 27.8. The molecule has 5 atom stereocenters. The summed E-state index contributed by atoms with van der Waals surface area (Å²) in [6.07, 6.45) is -0.514. The van der Waals surface area contributed by atoms with Crippen LogP contribution in [0.15, 0.2) is 36.4 Å². The maximum atomic E-state index is 14.2. The third-order valence-corrected chi connectivity index (χ3v) is 9.96. The molecular formula is C32H35N4O8P. The second kappa shape index (κ2) is 11.1. The number of nitriles is 1. The van der Waals surface area contributed by atoms with Crippen LogP contribution in [0.2, 0.25) is 0 Å². The lowest BCUT2D eigenvalue weighted by Crippen LogP contribution is -2.56. The lowest BCUT2D eigenvalue weighted by atomic mass is 9.85. The van der Waals surface area contributed by atoms with Crippen molar-refractivity contribution in [1.82, 2.24) is 9.80 Å². The van der Waals surface area contributed by atoms with Gasteiger partial charge in [-0.3, -0.25) is 18.6 Å². The first-order valence-corrected chi connectivity index (χ1v) is 16.5. The fourth-order valence-corrected chi connectivity index (χ4v) is 8.27. The Morgan fingerprint density at radius 1 is 0.911 bits per heavy atom. The van der Waals surface area contributed by atoms with E-state index in [2.05, 4.69) is 10.9 Å². The monoisotopic (exact) mass is 634 g/mol. The molecule has 45 heavy (non-hydrogen) atoms. The third-order valence-electron chi connectivity index (χ3n) is 8.97. The molecule has 0 radical (unpaired) electrons. The minimum Gasteiger partial charge on any atom is -0.485 e. The average molecular weight is 635 g/mol. The van der Waals surface area contributed by atoms with Gasteiger partial charge in [-0.1, -0.05) is 6.07 Å². The molecule has 2 aromatic carbocycles. The van der Waals surface area contributed by atoms with E-state index in [1.54, 1.807) is 73.9 Å². The maximum absolute atomic E-state index is 14.2. The molecule has 6 rings (SSSR count). The Bertz CT molecular complexity index is 1580. The minimum atomic E-state index is -5.01. The molecule has 236 valence electrons. The first kappa shape index (κ1) is 31.1. The van der Waals surface area contributed by atoms with Gasteiger partial charge in [-0.2, -0.15) is 5.26 Å². The van der Waals surface area contributed by atoms with Crippen molar-refractivity contribution in [2.24, 2.45) is 0 Å². The van der Waals surface area contributed by atoms with Gasteiger partial charge in [-0.05, 0) is 70.9 Å². The molecule has 0 aromatic heterocycles. The number of carbonyl (C=O) groups is 2. The number of fused-ring (bicyclic) bond motifs is 2. The molecule has 4 heterocycles. The van der Waals surface area contributed by atoms with E-state index in [9.17, 15) is 24.3 Å². The van der Waals surface area contributed by atoms with Crippen LogP contribution in [0.1, 0.15) is 82.2 Å². The number of rotatable bonds is 6. The zero-order valence-corrected chi connectivity index (χ0v) is 26.5. The summed E-state index contributed by atoms with van der Waals surface area (Å²) in [4.78, 5) is 44.4. The summed E-state index contributed by atoms with van der Waals surface area (Å²) in [5.74, 6) is 0.609. The van der Waals surface area contributed by atoms with Crippen molar-refractivity contribution in [1.29, 1.82) is 5.26 Å². The van der Waals surface area contributed by atoms with E-state index in [0.29, 0.717) is 72.6 Å². The topological polar surface area (TPSA) is 143 Å². The van der Waals surface area contributed by atoms with Gasteiger partial charge in [0.1, 0.15) is 34.9 Å². The molecular weight excluding hydrogens is 599 g/mol. The summed E-state index contributed by atoms with van der Waals surface area (Å²) in [6.45, 7) is 15.1. The van der Waals surface area contributed by atoms with Gasteiger partial charge in [0.25, 0.3) is 0 Å². The van der Waals surface area contributed by atoms with Gasteiger partial charge in [0, 0.05) is 37.1 Å². The zero-order valence-electron chi connectivity index (χ0n) is 25.6. The van der Waals surface area contributed by atoms with E-state index >= 15 is 0 Å². The summed E-state index contributed by atoms with van der Waals surface area (Å²) in [5.41, 5.74) is -0.757. The molecule has 0 aliphatic carbocycles. The molecule has 1 N–H and O–H groups in total. The van der Waals surface area contributed by atoms with Crippen LogP contribution in [0.3, 0.4) is 0 Å². The Morgan fingerprint density at radius 3 is 1.84 bits per heavy atom. The van der Waals surface area contributed by atoms with E-state index < -0.39 is 43.3 Å². The Kier molecular flexibility index (Phi) is 7.70. The van der Waals surface area contributed by atoms with Crippen molar-refractivity contribution in [3.05, 3.63) is 64.5 Å². The van der Waals surface area contributed by atoms with Crippen LogP contribution in [0, 0.1) is 17.9 Å². The van der Waals surface area contributed by atoms with Crippen LogP contribution in [0.25, 0.3) is 4.85 Å². The number of phosphoric ester groups is 1. The Morgan fingerprint density at radius 2 is 1.40 bits per heavy atom. The van der Waals surface area contributed by atoms with Crippen molar-refractivity contribution >= 4 is 25.3 Å². The Labute approximate surface area is 261 Å². The molecule has 1 unspecified atom stereocenters. The van der Waals surface area contributed by atoms with Crippen LogP contribution in [-0.2, 0) is 23.2 Å². The van der Waals surface area contributed by atoms with E-state index in [0.717, 1.165) is 0 Å². The van der Waals surface area contributed by atoms with Gasteiger partial charge >= 0.3 is 7.82 Å². The Balaban J connectivity index is 1.40. The van der Waals surface area contributed by atoms with Gasteiger partial charge in [0.2, 0.25) is 11.8 Å². The van der Waals surface area contributed by atoms with Gasteiger partial charge in [0.15, 0.2) is 5.69 Å². The highest BCUT2D eigenvalue weighted by molar-refractivity contribution is 7.47. The molecule has 2 fully saturated rings. The summed E-state index contributed by atoms with van der Waals surface area (Å²) in [5, 5.41) is 9.60. The number of likely N-dealkylation sites (tertiary alicyclic amines) is 2. The number of benzene rings is 2. The predicted molar refractivity (Wildman–Crippen MR) is 160 cm³/mol. The molecule has 4 aliphatic heterocycles. The second-order valence-corrected chi connectivity index (χ2v) is 14.3. The van der Waals surface area contributed by atoms with E-state index in [-0.39, 0.29) is 11.8 Å². The summed E-state index contributed by atoms with van der Waals surface area (Å²) < 4.78 is 38.8. The smallest absolute Gasteiger partial charge is 0.473 e. The molecule has 12 nitrogen and oxygen atoms in total. The van der Waals surface area contributed by atoms with E-state index in [4.69, 9.17) is 25.1 Å². The fourth-order valence-electron chi connectivity index (χ4n) is 6.91. The number of amides is 2. The molecule has 2 saturated heterocycles. The molecule has 2 amide bonds. The maximum Gasteiger partial charge on any atom is 0.473 e. The van der Waals surface area contributed by atoms with Crippen molar-refractivity contribution in [3.8, 4) is 17.6 Å². The quantitative estimate of drug-likeness (QED) is 0.329. The van der Waals surface area contributed by atoms with Gasteiger partial charge < -0.3 is 24.2 Å². The van der Waals surface area contributed by atoms with Crippen molar-refractivity contribution in [3.63, 3.8) is 0 Å². The first-order chi connectivity index (χ1) is 21.2. The van der Waals surface area contributed by atoms with E-state index in [1.807, 2.05) is 0 Å². The van der Waals surface area contributed by atoms with E-state index in [1.165, 1.54) is 0 Å². The van der Waals surface area contributed by atoms with Crippen molar-refractivity contribution in [2.45, 2.75) is 88.9 Å². The number of nitrogens with zero attached hydrogens (tertiary/aromatic N) is 4. The first-order valence-electron chi connectivity index (χ1n) is 15.0. The zero-order chi connectivity index (χ0) is 32.3. The van der Waals surface area contributed by atoms with Crippen molar-refractivity contribution in [2.75, 3.05) is 13.1 Å². The number of phosphoric acid groups is 1. The number of carbonyl (C=O) groups excluding carboxylic acids is 2. The third kappa shape index (κ3) is 5.57. The predicted octanol–water partition coefficient (Wildman–Crippen LogP) is 5.35. The molecule has 2 aromatic rings. The average Bonchev–Trinajstić information content (AvgIpc) is 3.60. The highest BCUT2D eigenvalue weighted by atomic mass is 31.2. The summed E-state index contributed by atoms with van der Waals surface area (Å²) in [6, 6.07) is 10.2. The van der Waals surface area contributed by atoms with Gasteiger partial charge in [-0.25, -0.2) is 9.41 Å². The minimum absolute atomic E-state index is 0.140. The van der Waals surface area contributed by atoms with Crippen LogP contribution in [0.4, 0.5) is 5.69 Å². The molecule has 13 heteroatoms. The lowest BCUT2D eigenvalue weighted by Gasteiger charge is -2.49. The highest BCUT2D eigenvalue weighted by Gasteiger charge is 2.56.